The summed E-state index contributed by atoms with van der Waals surface area (Å²) < 4.78 is 11.6. The normalized spacial score (nSPS) is 19.5. The maximum atomic E-state index is 12.5. The van der Waals surface area contributed by atoms with E-state index in [1.54, 1.807) is 0 Å². The molecule has 1 aliphatic rings. The van der Waals surface area contributed by atoms with Gasteiger partial charge in [0.2, 0.25) is 0 Å². The number of carbonyl (C=O) groups excluding carboxylic acids is 1. The minimum absolute atomic E-state index is 0.0487. The van der Waals surface area contributed by atoms with Crippen LogP contribution in [0.25, 0.3) is 0 Å². The van der Waals surface area contributed by atoms with Gasteiger partial charge in [-0.1, -0.05) is 71.6 Å². The Morgan fingerprint density at radius 2 is 1.39 bits per heavy atom. The quantitative estimate of drug-likeness (QED) is 0.180. The zero-order valence-corrected chi connectivity index (χ0v) is 22.8. The van der Waals surface area contributed by atoms with E-state index in [1.165, 1.54) is 44.9 Å². The molecule has 196 valence electrons. The summed E-state index contributed by atoms with van der Waals surface area (Å²) in [5.74, 6) is -0.0487. The first-order chi connectivity index (χ1) is 15.6. The van der Waals surface area contributed by atoms with Crippen molar-refractivity contribution in [3.05, 3.63) is 0 Å². The number of ether oxygens (including phenoxy) is 2. The highest BCUT2D eigenvalue weighted by molar-refractivity contribution is 5.69. The number of aliphatic hydroxyl groups is 1. The van der Waals surface area contributed by atoms with Gasteiger partial charge in [-0.15, -0.1) is 0 Å². The minimum atomic E-state index is -0.508. The molecular formula is C28H55NO4. The van der Waals surface area contributed by atoms with Gasteiger partial charge in [-0.05, 0) is 40.5 Å². The molecule has 0 aromatic rings. The Bertz CT molecular complexity index is 502. The number of aliphatic hydroxyl groups excluding tert-OH is 1. The van der Waals surface area contributed by atoms with Crippen molar-refractivity contribution in [3.63, 3.8) is 0 Å². The monoisotopic (exact) mass is 469 g/mol. The van der Waals surface area contributed by atoms with Crippen molar-refractivity contribution in [2.24, 2.45) is 0 Å². The van der Waals surface area contributed by atoms with Crippen LogP contribution in [0.4, 0.5) is 0 Å². The summed E-state index contributed by atoms with van der Waals surface area (Å²) in [6.45, 7) is 14.8. The van der Waals surface area contributed by atoms with Gasteiger partial charge in [0.05, 0.1) is 12.7 Å². The van der Waals surface area contributed by atoms with Gasteiger partial charge in [0.25, 0.3) is 0 Å². The van der Waals surface area contributed by atoms with Crippen LogP contribution in [0.2, 0.25) is 0 Å². The number of hydrogen-bond acceptors (Lipinski definition) is 5. The second-order valence-corrected chi connectivity index (χ2v) is 11.4. The van der Waals surface area contributed by atoms with Crippen molar-refractivity contribution in [1.29, 1.82) is 0 Å². The lowest BCUT2D eigenvalue weighted by atomic mass is 9.78. The van der Waals surface area contributed by atoms with E-state index in [4.69, 9.17) is 9.47 Å². The van der Waals surface area contributed by atoms with Crippen LogP contribution in [0.15, 0.2) is 0 Å². The second kappa shape index (κ2) is 16.1. The molecule has 0 bridgehead atoms. The number of rotatable bonds is 18. The zero-order valence-electron chi connectivity index (χ0n) is 22.8. The van der Waals surface area contributed by atoms with E-state index < -0.39 is 6.10 Å². The Labute approximate surface area is 205 Å². The van der Waals surface area contributed by atoms with Crippen LogP contribution in [0.1, 0.15) is 131 Å². The highest BCUT2D eigenvalue weighted by atomic mass is 16.5. The second-order valence-electron chi connectivity index (χ2n) is 11.4. The molecule has 0 aromatic heterocycles. The number of hydrogen-bond donors (Lipinski definition) is 1. The summed E-state index contributed by atoms with van der Waals surface area (Å²) >= 11 is 0. The van der Waals surface area contributed by atoms with Crippen molar-refractivity contribution in [2.45, 2.75) is 155 Å². The summed E-state index contributed by atoms with van der Waals surface area (Å²) in [7, 11) is 0. The Morgan fingerprint density at radius 3 is 1.94 bits per heavy atom. The van der Waals surface area contributed by atoms with Crippen LogP contribution >= 0.6 is 0 Å². The van der Waals surface area contributed by atoms with Gasteiger partial charge < -0.3 is 14.6 Å². The van der Waals surface area contributed by atoms with E-state index in [1.807, 2.05) is 0 Å². The summed E-state index contributed by atoms with van der Waals surface area (Å²) in [6, 6.07) is 0. The maximum absolute atomic E-state index is 12.5. The van der Waals surface area contributed by atoms with Gasteiger partial charge in [0, 0.05) is 43.5 Å². The lowest BCUT2D eigenvalue weighted by Crippen LogP contribution is -2.64. The average Bonchev–Trinajstić information content (AvgIpc) is 2.72. The van der Waals surface area contributed by atoms with Crippen molar-refractivity contribution in [2.75, 3.05) is 19.8 Å². The number of nitrogens with zero attached hydrogens (tertiary/aromatic N) is 1. The number of likely N-dealkylation sites (tertiary alicyclic amines) is 1. The third-order valence-corrected chi connectivity index (χ3v) is 7.04. The molecule has 1 atom stereocenters. The molecule has 0 aliphatic carbocycles. The first kappa shape index (κ1) is 30.4. The lowest BCUT2D eigenvalue weighted by Gasteiger charge is -2.55. The van der Waals surface area contributed by atoms with E-state index in [9.17, 15) is 9.90 Å². The zero-order chi connectivity index (χ0) is 24.7. The summed E-state index contributed by atoms with van der Waals surface area (Å²) in [4.78, 5) is 14.9. The summed E-state index contributed by atoms with van der Waals surface area (Å²) in [5, 5.41) is 10.5. The molecule has 5 nitrogen and oxygen atoms in total. The SMILES string of the molecule is CCCCCCCCCCCC(=O)OC1CC(C)(C)N(CC(O)COCCCC)C(C)(C)C1. The molecule has 1 N–H and O–H groups in total. The molecule has 0 amide bonds. The molecular weight excluding hydrogens is 414 g/mol. The first-order valence-electron chi connectivity index (χ1n) is 13.9. The number of carbonyl (C=O) groups is 1. The van der Waals surface area contributed by atoms with Gasteiger partial charge >= 0.3 is 5.97 Å². The fourth-order valence-corrected chi connectivity index (χ4v) is 5.36. The number of β-amino-alcohol motifs (C(OH)–C–C–N with tert-alkyl or cyclic N) is 1. The molecule has 0 radical (unpaired) electrons. The molecule has 1 aliphatic heterocycles. The van der Waals surface area contributed by atoms with Crippen molar-refractivity contribution < 1.29 is 19.4 Å². The van der Waals surface area contributed by atoms with Gasteiger partial charge in [-0.3, -0.25) is 9.69 Å². The predicted octanol–water partition coefficient (Wildman–Crippen LogP) is 6.65. The molecule has 1 fully saturated rings. The number of unbranched alkanes of at least 4 members (excludes halogenated alkanes) is 9. The van der Waals surface area contributed by atoms with Gasteiger partial charge in [-0.25, -0.2) is 0 Å². The van der Waals surface area contributed by atoms with E-state index >= 15 is 0 Å². The number of piperidine rings is 1. The molecule has 5 heteroatoms. The highest BCUT2D eigenvalue weighted by Gasteiger charge is 2.46. The third-order valence-electron chi connectivity index (χ3n) is 7.04. The van der Waals surface area contributed by atoms with Crippen LogP contribution in [-0.2, 0) is 14.3 Å². The van der Waals surface area contributed by atoms with Gasteiger partial charge in [-0.2, -0.15) is 0 Å². The van der Waals surface area contributed by atoms with Crippen LogP contribution in [-0.4, -0.2) is 59.0 Å². The largest absolute Gasteiger partial charge is 0.462 e. The summed E-state index contributed by atoms with van der Waals surface area (Å²) in [6.07, 6.45) is 14.9. The van der Waals surface area contributed by atoms with E-state index in [-0.39, 0.29) is 23.2 Å². The number of esters is 1. The smallest absolute Gasteiger partial charge is 0.306 e. The van der Waals surface area contributed by atoms with E-state index in [0.717, 1.165) is 38.5 Å². The lowest BCUT2D eigenvalue weighted by molar-refractivity contribution is -0.162. The van der Waals surface area contributed by atoms with Crippen molar-refractivity contribution in [1.82, 2.24) is 4.90 Å². The fraction of sp³-hybridized carbons (Fsp3) is 0.964. The van der Waals surface area contributed by atoms with Crippen molar-refractivity contribution in [3.8, 4) is 0 Å². The fourth-order valence-electron chi connectivity index (χ4n) is 5.36. The van der Waals surface area contributed by atoms with E-state index in [0.29, 0.717) is 26.2 Å². The van der Waals surface area contributed by atoms with Crippen molar-refractivity contribution >= 4 is 5.97 Å². The molecule has 1 saturated heterocycles. The molecule has 0 spiro atoms. The first-order valence-corrected chi connectivity index (χ1v) is 13.9. The van der Waals surface area contributed by atoms with Crippen LogP contribution in [0, 0.1) is 0 Å². The third kappa shape index (κ3) is 12.6. The molecule has 1 rings (SSSR count). The molecule has 0 aromatic carbocycles. The highest BCUT2D eigenvalue weighted by Crippen LogP contribution is 2.39. The summed E-state index contributed by atoms with van der Waals surface area (Å²) in [5.41, 5.74) is -0.316. The Kier molecular flexibility index (Phi) is 14.8. The van der Waals surface area contributed by atoms with Crippen LogP contribution < -0.4 is 0 Å². The van der Waals surface area contributed by atoms with E-state index in [2.05, 4.69) is 46.4 Å². The predicted molar refractivity (Wildman–Crippen MR) is 138 cm³/mol. The van der Waals surface area contributed by atoms with Crippen LogP contribution in [0.3, 0.4) is 0 Å². The minimum Gasteiger partial charge on any atom is -0.462 e. The Morgan fingerprint density at radius 1 is 0.879 bits per heavy atom. The molecule has 33 heavy (non-hydrogen) atoms. The molecule has 0 saturated carbocycles. The average molecular weight is 470 g/mol. The maximum Gasteiger partial charge on any atom is 0.306 e. The standard InChI is InChI=1S/C28H55NO4/c1-7-9-11-12-13-14-15-16-17-18-26(31)33-25-20-27(3,4)29(28(5,6)21-25)22-24(30)23-32-19-10-8-2/h24-25,30H,7-23H2,1-6H3. The molecule has 1 unspecified atom stereocenters. The van der Waals surface area contributed by atoms with Gasteiger partial charge in [0.15, 0.2) is 0 Å². The Hall–Kier alpha value is -0.650. The molecule has 1 heterocycles. The topological polar surface area (TPSA) is 59.0 Å². The van der Waals surface area contributed by atoms with Gasteiger partial charge in [0.1, 0.15) is 6.10 Å². The van der Waals surface area contributed by atoms with Crippen LogP contribution in [0.5, 0.6) is 0 Å². The Balaban J connectivity index is 2.36.